The van der Waals surface area contributed by atoms with Crippen molar-refractivity contribution in [3.8, 4) is 11.5 Å². The topological polar surface area (TPSA) is 109 Å². The summed E-state index contributed by atoms with van der Waals surface area (Å²) in [7, 11) is 0. The number of aromatic nitrogens is 3. The van der Waals surface area contributed by atoms with Gasteiger partial charge >= 0.3 is 12.2 Å². The molecule has 0 radical (unpaired) electrons. The zero-order chi connectivity index (χ0) is 25.4. The highest BCUT2D eigenvalue weighted by molar-refractivity contribution is 5.90. The summed E-state index contributed by atoms with van der Waals surface area (Å²) in [6.45, 7) is 1.96. The summed E-state index contributed by atoms with van der Waals surface area (Å²) >= 11 is 0. The van der Waals surface area contributed by atoms with Crippen molar-refractivity contribution in [2.24, 2.45) is 5.73 Å². The SMILES string of the molecule is CC1c2cc(Oc3ccnc4[nH]ccc34)cnc2CCN1C(=O)Nc1ccc(CN)c(C(F)(F)F)c1. The van der Waals surface area contributed by atoms with Crippen LogP contribution in [0.2, 0.25) is 0 Å². The van der Waals surface area contributed by atoms with E-state index in [1.54, 1.807) is 29.6 Å². The van der Waals surface area contributed by atoms with Crippen LogP contribution in [0.15, 0.2) is 55.0 Å². The summed E-state index contributed by atoms with van der Waals surface area (Å²) in [5, 5.41) is 3.41. The second kappa shape index (κ2) is 9.15. The van der Waals surface area contributed by atoms with Crippen LogP contribution in [-0.2, 0) is 19.1 Å². The average Bonchev–Trinajstić information content (AvgIpc) is 3.34. The number of rotatable bonds is 4. The van der Waals surface area contributed by atoms with Crippen LogP contribution < -0.4 is 15.8 Å². The molecule has 0 spiro atoms. The summed E-state index contributed by atoms with van der Waals surface area (Å²) < 4.78 is 46.2. The number of carbonyl (C=O) groups is 1. The second-order valence-corrected chi connectivity index (χ2v) is 8.48. The van der Waals surface area contributed by atoms with E-state index in [2.05, 4.69) is 20.3 Å². The zero-order valence-corrected chi connectivity index (χ0v) is 19.3. The zero-order valence-electron chi connectivity index (χ0n) is 19.3. The van der Waals surface area contributed by atoms with Crippen molar-refractivity contribution >= 4 is 22.8 Å². The van der Waals surface area contributed by atoms with Crippen molar-refractivity contribution < 1.29 is 22.7 Å². The summed E-state index contributed by atoms with van der Waals surface area (Å²) in [4.78, 5) is 26.4. The van der Waals surface area contributed by atoms with Gasteiger partial charge in [-0.25, -0.2) is 9.78 Å². The van der Waals surface area contributed by atoms with Gasteiger partial charge in [-0.3, -0.25) is 4.98 Å². The predicted molar refractivity (Wildman–Crippen MR) is 128 cm³/mol. The van der Waals surface area contributed by atoms with Crippen molar-refractivity contribution in [1.29, 1.82) is 0 Å². The molecule has 0 aliphatic carbocycles. The number of carbonyl (C=O) groups excluding carboxylic acids is 1. The molecule has 11 heteroatoms. The molecule has 0 fully saturated rings. The Morgan fingerprint density at radius 2 is 2.08 bits per heavy atom. The van der Waals surface area contributed by atoms with E-state index in [1.807, 2.05) is 19.1 Å². The van der Waals surface area contributed by atoms with Gasteiger partial charge in [-0.05, 0) is 48.4 Å². The molecule has 1 aromatic carbocycles. The molecule has 1 atom stereocenters. The number of benzene rings is 1. The van der Waals surface area contributed by atoms with E-state index in [0.29, 0.717) is 30.1 Å². The largest absolute Gasteiger partial charge is 0.455 e. The predicted octanol–water partition coefficient (Wildman–Crippen LogP) is 5.38. The molecule has 1 aliphatic heterocycles. The number of ether oxygens (including phenoxy) is 1. The number of halogens is 3. The van der Waals surface area contributed by atoms with Crippen LogP contribution in [0, 0.1) is 0 Å². The number of alkyl halides is 3. The van der Waals surface area contributed by atoms with Gasteiger partial charge in [-0.1, -0.05) is 6.07 Å². The van der Waals surface area contributed by atoms with Gasteiger partial charge in [0.05, 0.1) is 23.2 Å². The summed E-state index contributed by atoms with van der Waals surface area (Å²) in [6, 6.07) is 8.18. The van der Waals surface area contributed by atoms with Gasteiger partial charge in [0.1, 0.15) is 17.1 Å². The Kier molecular flexibility index (Phi) is 6.00. The van der Waals surface area contributed by atoms with E-state index < -0.39 is 17.8 Å². The first kappa shape index (κ1) is 23.6. The Balaban J connectivity index is 1.36. The fourth-order valence-corrected chi connectivity index (χ4v) is 4.42. The van der Waals surface area contributed by atoms with Crippen LogP contribution in [0.1, 0.15) is 35.3 Å². The molecule has 4 aromatic rings. The third-order valence-electron chi connectivity index (χ3n) is 6.28. The Labute approximate surface area is 204 Å². The van der Waals surface area contributed by atoms with Gasteiger partial charge in [-0.2, -0.15) is 13.2 Å². The number of H-pyrrole nitrogens is 1. The molecule has 5 rings (SSSR count). The Bertz CT molecular complexity index is 1440. The van der Waals surface area contributed by atoms with E-state index >= 15 is 0 Å². The summed E-state index contributed by atoms with van der Waals surface area (Å²) in [5.74, 6) is 1.12. The van der Waals surface area contributed by atoms with Gasteiger partial charge < -0.3 is 25.7 Å². The van der Waals surface area contributed by atoms with Gasteiger partial charge in [0, 0.05) is 43.3 Å². The van der Waals surface area contributed by atoms with E-state index in [9.17, 15) is 18.0 Å². The number of nitrogens with two attached hydrogens (primary N) is 1. The number of hydrogen-bond donors (Lipinski definition) is 3. The highest BCUT2D eigenvalue weighted by Crippen LogP contribution is 2.36. The maximum atomic E-state index is 13.4. The van der Waals surface area contributed by atoms with Crippen LogP contribution in [0.3, 0.4) is 0 Å². The first-order valence-corrected chi connectivity index (χ1v) is 11.3. The molecule has 36 heavy (non-hydrogen) atoms. The maximum absolute atomic E-state index is 13.4. The fraction of sp³-hybridized carbons (Fsp3) is 0.240. The molecule has 1 aliphatic rings. The molecule has 8 nitrogen and oxygen atoms in total. The van der Waals surface area contributed by atoms with Gasteiger partial charge in [0.15, 0.2) is 0 Å². The lowest BCUT2D eigenvalue weighted by molar-refractivity contribution is -0.138. The number of nitrogens with zero attached hydrogens (tertiary/aromatic N) is 3. The van der Waals surface area contributed by atoms with Crippen molar-refractivity contribution in [3.05, 3.63) is 77.4 Å². The standard InChI is InChI=1S/C25H23F3N6O2/c1-14-19-11-17(36-22-5-8-31-23-18(22)4-7-30-23)13-32-21(19)6-9-34(14)24(35)33-16-3-2-15(12-29)20(10-16)25(26,27)28/h2-5,7-8,10-11,13-14H,6,9,12,29H2,1H3,(H,30,31)(H,33,35). The molecular formula is C25H23F3N6O2. The smallest absolute Gasteiger partial charge is 0.416 e. The Morgan fingerprint density at radius 1 is 1.25 bits per heavy atom. The van der Waals surface area contributed by atoms with Gasteiger partial charge in [0.2, 0.25) is 0 Å². The Hall–Kier alpha value is -4.12. The highest BCUT2D eigenvalue weighted by atomic mass is 19.4. The Morgan fingerprint density at radius 3 is 2.86 bits per heavy atom. The van der Waals surface area contributed by atoms with Crippen LogP contribution >= 0.6 is 0 Å². The van der Waals surface area contributed by atoms with Gasteiger partial charge in [0.25, 0.3) is 0 Å². The van der Waals surface area contributed by atoms with E-state index in [-0.39, 0.29) is 23.8 Å². The number of urea groups is 1. The number of aromatic amines is 1. The summed E-state index contributed by atoms with van der Waals surface area (Å²) in [6.07, 6.45) is 0.979. The molecule has 186 valence electrons. The van der Waals surface area contributed by atoms with Crippen LogP contribution in [0.5, 0.6) is 11.5 Å². The first-order valence-electron chi connectivity index (χ1n) is 11.3. The van der Waals surface area contributed by atoms with E-state index in [1.165, 1.54) is 12.1 Å². The van der Waals surface area contributed by atoms with Crippen LogP contribution in [0.4, 0.5) is 23.7 Å². The fourth-order valence-electron chi connectivity index (χ4n) is 4.42. The van der Waals surface area contributed by atoms with Gasteiger partial charge in [-0.15, -0.1) is 0 Å². The molecular weight excluding hydrogens is 473 g/mol. The average molecular weight is 496 g/mol. The monoisotopic (exact) mass is 496 g/mol. The quantitative estimate of drug-likeness (QED) is 0.352. The molecule has 2 amide bonds. The number of amides is 2. The second-order valence-electron chi connectivity index (χ2n) is 8.48. The number of hydrogen-bond acceptors (Lipinski definition) is 5. The van der Waals surface area contributed by atoms with Crippen molar-refractivity contribution in [1.82, 2.24) is 19.9 Å². The van der Waals surface area contributed by atoms with Crippen LogP contribution in [-0.4, -0.2) is 32.4 Å². The lowest BCUT2D eigenvalue weighted by atomic mass is 9.98. The molecule has 0 saturated carbocycles. The number of pyridine rings is 2. The molecule has 4 heterocycles. The van der Waals surface area contributed by atoms with Crippen molar-refractivity contribution in [2.75, 3.05) is 11.9 Å². The summed E-state index contributed by atoms with van der Waals surface area (Å²) in [5.41, 5.74) is 6.94. The molecule has 3 aromatic heterocycles. The minimum absolute atomic E-state index is 0.0366. The molecule has 0 bridgehead atoms. The van der Waals surface area contributed by atoms with E-state index in [4.69, 9.17) is 10.5 Å². The highest BCUT2D eigenvalue weighted by Gasteiger charge is 2.34. The normalized spacial score (nSPS) is 15.6. The molecule has 4 N–H and O–H groups in total. The number of fused-ring (bicyclic) bond motifs is 2. The van der Waals surface area contributed by atoms with Crippen molar-refractivity contribution in [3.63, 3.8) is 0 Å². The minimum Gasteiger partial charge on any atom is -0.455 e. The molecule has 1 unspecified atom stereocenters. The lowest BCUT2D eigenvalue weighted by Gasteiger charge is -2.34. The number of anilines is 1. The maximum Gasteiger partial charge on any atom is 0.416 e. The minimum atomic E-state index is -4.57. The van der Waals surface area contributed by atoms with E-state index in [0.717, 1.165) is 22.7 Å². The van der Waals surface area contributed by atoms with Crippen molar-refractivity contribution in [2.45, 2.75) is 32.1 Å². The van der Waals surface area contributed by atoms with Crippen LogP contribution in [0.25, 0.3) is 11.0 Å². The lowest BCUT2D eigenvalue weighted by Crippen LogP contribution is -2.41. The molecule has 0 saturated heterocycles. The number of nitrogens with one attached hydrogen (secondary N) is 2. The first-order chi connectivity index (χ1) is 17.2. The third-order valence-corrected chi connectivity index (χ3v) is 6.28. The third kappa shape index (κ3) is 4.44.